The number of thioether (sulfide) groups is 1. The summed E-state index contributed by atoms with van der Waals surface area (Å²) in [6.45, 7) is 2.14. The molecule has 0 unspecified atom stereocenters. The number of benzene rings is 1. The van der Waals surface area contributed by atoms with Crippen molar-refractivity contribution in [1.82, 2.24) is 0 Å². The summed E-state index contributed by atoms with van der Waals surface area (Å²) in [5, 5.41) is 0. The molecule has 0 spiro atoms. The van der Waals surface area contributed by atoms with Crippen LogP contribution < -0.4 is 0 Å². The Labute approximate surface area is 144 Å². The van der Waals surface area contributed by atoms with Crippen molar-refractivity contribution in [1.29, 1.82) is 0 Å². The Morgan fingerprint density at radius 1 is 1.17 bits per heavy atom. The molecule has 0 saturated heterocycles. The zero-order valence-corrected chi connectivity index (χ0v) is 14.5. The number of ketones is 1. The first kappa shape index (κ1) is 16.5. The summed E-state index contributed by atoms with van der Waals surface area (Å²) in [5.41, 5.74) is -2.06. The van der Waals surface area contributed by atoms with Crippen LogP contribution in [0.1, 0.15) is 56.1 Å². The maximum absolute atomic E-state index is 12.6. The van der Waals surface area contributed by atoms with Crippen molar-refractivity contribution in [3.05, 3.63) is 29.3 Å². The van der Waals surface area contributed by atoms with Gasteiger partial charge in [-0.25, -0.2) is 0 Å². The molecule has 130 valence electrons. The minimum absolute atomic E-state index is 0.0266. The van der Waals surface area contributed by atoms with Crippen LogP contribution in [0.2, 0.25) is 0 Å². The minimum atomic E-state index is -4.23. The Bertz CT molecular complexity index is 684. The van der Waals surface area contributed by atoms with Gasteiger partial charge in [-0.3, -0.25) is 4.79 Å². The highest BCUT2D eigenvalue weighted by Crippen LogP contribution is 2.59. The molecule has 0 bridgehead atoms. The Morgan fingerprint density at radius 2 is 1.96 bits per heavy atom. The van der Waals surface area contributed by atoms with Gasteiger partial charge in [0, 0.05) is 16.7 Å². The zero-order valence-electron chi connectivity index (χ0n) is 13.7. The number of alkyl halides is 3. The first-order valence-corrected chi connectivity index (χ1v) is 9.51. The van der Waals surface area contributed by atoms with Crippen LogP contribution in [0.3, 0.4) is 0 Å². The van der Waals surface area contributed by atoms with Crippen molar-refractivity contribution in [3.8, 4) is 0 Å². The van der Waals surface area contributed by atoms with Crippen LogP contribution in [0.4, 0.5) is 13.2 Å². The van der Waals surface area contributed by atoms with Gasteiger partial charge in [0.15, 0.2) is 0 Å². The zero-order chi connectivity index (χ0) is 17.1. The third-order valence-corrected chi connectivity index (χ3v) is 7.36. The molecule has 0 radical (unpaired) electrons. The molecule has 1 aromatic rings. The fourth-order valence-corrected chi connectivity index (χ4v) is 6.13. The summed E-state index contributed by atoms with van der Waals surface area (Å²) in [5.74, 6) is 1.82. The molecule has 5 heteroatoms. The van der Waals surface area contributed by atoms with E-state index in [1.165, 1.54) is 5.56 Å². The van der Waals surface area contributed by atoms with Crippen molar-refractivity contribution in [3.63, 3.8) is 0 Å². The van der Waals surface area contributed by atoms with Crippen LogP contribution in [0.25, 0.3) is 0 Å². The Morgan fingerprint density at radius 3 is 2.71 bits per heavy atom. The van der Waals surface area contributed by atoms with Crippen molar-refractivity contribution >= 4 is 17.5 Å². The molecule has 0 N–H and O–H groups in total. The first-order chi connectivity index (χ1) is 11.3. The molecule has 0 amide bonds. The van der Waals surface area contributed by atoms with Gasteiger partial charge >= 0.3 is 5.51 Å². The number of aryl methyl sites for hydroxylation is 1. The predicted octanol–water partition coefficient (Wildman–Crippen LogP) is 5.72. The van der Waals surface area contributed by atoms with Gasteiger partial charge in [0.2, 0.25) is 0 Å². The lowest BCUT2D eigenvalue weighted by molar-refractivity contribution is -0.129. The monoisotopic (exact) mass is 354 g/mol. The molecule has 1 nitrogen and oxygen atoms in total. The van der Waals surface area contributed by atoms with Crippen molar-refractivity contribution in [2.24, 2.45) is 17.3 Å². The topological polar surface area (TPSA) is 17.1 Å². The molecule has 2 fully saturated rings. The number of Topliss-reactive ketones (excluding diaryl/α,β-unsaturated/α-hetero) is 1. The Hall–Kier alpha value is -0.970. The van der Waals surface area contributed by atoms with E-state index in [9.17, 15) is 18.0 Å². The minimum Gasteiger partial charge on any atom is -0.299 e. The van der Waals surface area contributed by atoms with E-state index in [0.717, 1.165) is 37.7 Å². The number of rotatable bonds is 1. The molecule has 4 atom stereocenters. The summed E-state index contributed by atoms with van der Waals surface area (Å²) in [7, 11) is 0. The fraction of sp³-hybridized carbons (Fsp3) is 0.632. The molecular formula is C19H21F3OS. The molecule has 2 saturated carbocycles. The molecule has 3 aliphatic rings. The summed E-state index contributed by atoms with van der Waals surface area (Å²) < 4.78 is 37.8. The van der Waals surface area contributed by atoms with Gasteiger partial charge in [-0.15, -0.1) is 0 Å². The highest BCUT2D eigenvalue weighted by molar-refractivity contribution is 8.00. The lowest BCUT2D eigenvalue weighted by atomic mass is 9.55. The number of carbonyl (C=O) groups excluding carboxylic acids is 1. The van der Waals surface area contributed by atoms with Gasteiger partial charge in [0.1, 0.15) is 5.78 Å². The fourth-order valence-electron chi connectivity index (χ4n) is 5.53. The number of fused-ring (bicyclic) bond motifs is 5. The lowest BCUT2D eigenvalue weighted by Crippen LogP contribution is -2.42. The molecule has 0 aromatic heterocycles. The highest BCUT2D eigenvalue weighted by Gasteiger charge is 2.54. The average Bonchev–Trinajstić information content (AvgIpc) is 2.81. The van der Waals surface area contributed by atoms with Gasteiger partial charge in [0.05, 0.1) is 0 Å². The van der Waals surface area contributed by atoms with Crippen molar-refractivity contribution in [2.75, 3.05) is 0 Å². The van der Waals surface area contributed by atoms with Crippen LogP contribution in [-0.4, -0.2) is 11.3 Å². The maximum atomic E-state index is 12.6. The molecule has 0 aliphatic heterocycles. The van der Waals surface area contributed by atoms with E-state index < -0.39 is 5.51 Å². The molecular weight excluding hydrogens is 333 g/mol. The van der Waals surface area contributed by atoms with E-state index in [2.05, 4.69) is 6.92 Å². The van der Waals surface area contributed by atoms with Gasteiger partial charge in [0.25, 0.3) is 0 Å². The molecule has 3 aliphatic carbocycles. The molecule has 1 aromatic carbocycles. The quantitative estimate of drug-likeness (QED) is 0.600. The van der Waals surface area contributed by atoms with Gasteiger partial charge in [-0.05, 0) is 84.9 Å². The van der Waals surface area contributed by atoms with Crippen LogP contribution in [0.15, 0.2) is 23.1 Å². The second-order valence-corrected chi connectivity index (χ2v) is 8.88. The van der Waals surface area contributed by atoms with Gasteiger partial charge in [-0.2, -0.15) is 13.2 Å². The Balaban J connectivity index is 1.62. The first-order valence-electron chi connectivity index (χ1n) is 8.70. The van der Waals surface area contributed by atoms with E-state index in [0.29, 0.717) is 30.0 Å². The molecule has 0 heterocycles. The number of halogens is 3. The number of hydrogen-bond acceptors (Lipinski definition) is 2. The van der Waals surface area contributed by atoms with Gasteiger partial charge < -0.3 is 0 Å². The van der Waals surface area contributed by atoms with E-state index >= 15 is 0 Å². The smallest absolute Gasteiger partial charge is 0.299 e. The summed E-state index contributed by atoms with van der Waals surface area (Å²) >= 11 is -0.0266. The third-order valence-electron chi connectivity index (χ3n) is 6.64. The normalized spacial score (nSPS) is 35.3. The number of hydrogen-bond donors (Lipinski definition) is 0. The van der Waals surface area contributed by atoms with Crippen molar-refractivity contribution in [2.45, 2.75) is 61.8 Å². The van der Waals surface area contributed by atoms with Gasteiger partial charge in [-0.1, -0.05) is 13.0 Å². The predicted molar refractivity (Wildman–Crippen MR) is 88.0 cm³/mol. The second kappa shape index (κ2) is 5.52. The second-order valence-electron chi connectivity index (χ2n) is 7.74. The SMILES string of the molecule is C[C@]12CC[C@@H]3c4ccc(SC(F)(F)F)cc4CC[C@H]3[C@@H]1CCC2=O. The van der Waals surface area contributed by atoms with Crippen LogP contribution in [0.5, 0.6) is 0 Å². The maximum Gasteiger partial charge on any atom is 0.446 e. The summed E-state index contributed by atoms with van der Waals surface area (Å²) in [4.78, 5) is 12.6. The van der Waals surface area contributed by atoms with E-state index in [1.807, 2.05) is 6.07 Å². The third kappa shape index (κ3) is 2.59. The molecule has 4 rings (SSSR count). The lowest BCUT2D eigenvalue weighted by Gasteiger charge is -2.48. The van der Waals surface area contributed by atoms with E-state index in [-0.39, 0.29) is 22.1 Å². The molecule has 24 heavy (non-hydrogen) atoms. The average molecular weight is 354 g/mol. The largest absolute Gasteiger partial charge is 0.446 e. The number of carbonyl (C=O) groups is 1. The Kier molecular flexibility index (Phi) is 3.79. The standard InChI is InChI=1S/C19H21F3OS/c1-18-9-8-14-13-5-3-12(24-19(20,21)22)10-11(13)2-4-15(14)16(18)6-7-17(18)23/h3,5,10,14-16H,2,4,6-9H2,1H3/t14-,15-,16+,18+/m1/s1. The van der Waals surface area contributed by atoms with E-state index in [4.69, 9.17) is 0 Å². The van der Waals surface area contributed by atoms with Crippen LogP contribution in [-0.2, 0) is 11.2 Å². The van der Waals surface area contributed by atoms with Crippen molar-refractivity contribution < 1.29 is 18.0 Å². The summed E-state index contributed by atoms with van der Waals surface area (Å²) in [6.07, 6.45) is 5.46. The summed E-state index contributed by atoms with van der Waals surface area (Å²) in [6, 6.07) is 5.27. The van der Waals surface area contributed by atoms with E-state index in [1.54, 1.807) is 12.1 Å². The highest BCUT2D eigenvalue weighted by atomic mass is 32.2. The van der Waals surface area contributed by atoms with Crippen LogP contribution >= 0.6 is 11.8 Å². The van der Waals surface area contributed by atoms with Crippen LogP contribution in [0, 0.1) is 17.3 Å².